The Kier molecular flexibility index (Phi) is 8.33. The normalized spacial score (nSPS) is 11.6. The fraction of sp³-hybridized carbons (Fsp3) is 0.292. The number of nitrogens with one attached hydrogen (secondary N) is 1. The number of aryl methyl sites for hydroxylation is 1. The second-order valence-corrected chi connectivity index (χ2v) is 8.17. The van der Waals surface area contributed by atoms with Crippen molar-refractivity contribution in [1.82, 2.24) is 20.1 Å². The number of ether oxygens (including phenoxy) is 2. The van der Waals surface area contributed by atoms with Crippen LogP contribution in [0.3, 0.4) is 0 Å². The molecule has 3 aromatic rings. The maximum absolute atomic E-state index is 12.3. The lowest BCUT2D eigenvalue weighted by Gasteiger charge is -2.16. The fourth-order valence-electron chi connectivity index (χ4n) is 3.01. The molecular weight excluding hydrogens is 424 g/mol. The predicted octanol–water partition coefficient (Wildman–Crippen LogP) is 4.33. The van der Waals surface area contributed by atoms with E-state index in [0.717, 1.165) is 11.3 Å². The van der Waals surface area contributed by atoms with Crippen LogP contribution in [0.5, 0.6) is 11.5 Å². The molecule has 8 heteroatoms. The first-order valence-corrected chi connectivity index (χ1v) is 11.3. The first-order valence-electron chi connectivity index (χ1n) is 10.3. The van der Waals surface area contributed by atoms with E-state index in [4.69, 9.17) is 9.47 Å². The molecule has 0 saturated carbocycles. The van der Waals surface area contributed by atoms with Crippen molar-refractivity contribution in [3.05, 3.63) is 78.1 Å². The van der Waals surface area contributed by atoms with Crippen molar-refractivity contribution in [2.24, 2.45) is 0 Å². The van der Waals surface area contributed by atoms with Crippen molar-refractivity contribution in [2.75, 3.05) is 12.9 Å². The number of rotatable bonds is 11. The van der Waals surface area contributed by atoms with Gasteiger partial charge in [-0.1, -0.05) is 47.7 Å². The second kappa shape index (κ2) is 11.4. The van der Waals surface area contributed by atoms with Crippen LogP contribution >= 0.6 is 11.8 Å². The maximum atomic E-state index is 12.3. The number of aromatic nitrogens is 3. The molecule has 0 aliphatic heterocycles. The molecule has 1 atom stereocenters. The third kappa shape index (κ3) is 6.37. The second-order valence-electron chi connectivity index (χ2n) is 7.23. The lowest BCUT2D eigenvalue weighted by molar-refractivity contribution is -0.118. The molecule has 0 saturated heterocycles. The van der Waals surface area contributed by atoms with Crippen LogP contribution in [0, 0.1) is 6.92 Å². The molecule has 3 rings (SSSR count). The zero-order valence-electron chi connectivity index (χ0n) is 18.6. The molecule has 32 heavy (non-hydrogen) atoms. The van der Waals surface area contributed by atoms with Crippen LogP contribution in [0.2, 0.25) is 0 Å². The van der Waals surface area contributed by atoms with Gasteiger partial charge in [-0.25, -0.2) is 0 Å². The van der Waals surface area contributed by atoms with Gasteiger partial charge in [0.15, 0.2) is 17.1 Å². The van der Waals surface area contributed by atoms with Gasteiger partial charge in [0.25, 0.3) is 0 Å². The topological polar surface area (TPSA) is 78.3 Å². The number of carbonyl (C=O) groups is 1. The van der Waals surface area contributed by atoms with Gasteiger partial charge < -0.3 is 14.8 Å². The largest absolute Gasteiger partial charge is 0.497 e. The summed E-state index contributed by atoms with van der Waals surface area (Å²) >= 11 is 1.34. The SMILES string of the molecule is C=CCn1c(SCC(=O)NCc2ccc(C)cc2)nnc1C(C)Oc1ccc(OC)cc1. The minimum absolute atomic E-state index is 0.0622. The summed E-state index contributed by atoms with van der Waals surface area (Å²) in [6.45, 7) is 8.79. The quantitative estimate of drug-likeness (QED) is 0.345. The smallest absolute Gasteiger partial charge is 0.230 e. The van der Waals surface area contributed by atoms with Gasteiger partial charge in [-0.05, 0) is 43.7 Å². The molecule has 0 radical (unpaired) electrons. The third-order valence-electron chi connectivity index (χ3n) is 4.74. The molecule has 1 aromatic heterocycles. The average Bonchev–Trinajstić information content (AvgIpc) is 3.20. The minimum Gasteiger partial charge on any atom is -0.497 e. The van der Waals surface area contributed by atoms with E-state index < -0.39 is 0 Å². The van der Waals surface area contributed by atoms with Gasteiger partial charge in [0.2, 0.25) is 5.91 Å². The highest BCUT2D eigenvalue weighted by molar-refractivity contribution is 7.99. The fourth-order valence-corrected chi connectivity index (χ4v) is 3.79. The molecule has 168 valence electrons. The minimum atomic E-state index is -0.333. The van der Waals surface area contributed by atoms with Crippen LogP contribution in [0.25, 0.3) is 0 Å². The molecule has 0 aliphatic rings. The number of thioether (sulfide) groups is 1. The Morgan fingerprint density at radius 2 is 1.84 bits per heavy atom. The predicted molar refractivity (Wildman–Crippen MR) is 126 cm³/mol. The van der Waals surface area contributed by atoms with E-state index in [1.54, 1.807) is 13.2 Å². The number of hydrogen-bond acceptors (Lipinski definition) is 6. The Balaban J connectivity index is 1.59. The molecule has 0 bridgehead atoms. The monoisotopic (exact) mass is 452 g/mol. The summed E-state index contributed by atoms with van der Waals surface area (Å²) in [4.78, 5) is 12.3. The summed E-state index contributed by atoms with van der Waals surface area (Å²) in [5, 5.41) is 12.2. The highest BCUT2D eigenvalue weighted by Gasteiger charge is 2.19. The number of carbonyl (C=O) groups excluding carboxylic acids is 1. The lowest BCUT2D eigenvalue weighted by Crippen LogP contribution is -2.24. The average molecular weight is 453 g/mol. The molecule has 0 fully saturated rings. The molecular formula is C24H28N4O3S. The third-order valence-corrected chi connectivity index (χ3v) is 5.70. The Labute approximate surface area is 192 Å². The van der Waals surface area contributed by atoms with E-state index in [0.29, 0.717) is 29.8 Å². The first kappa shape index (κ1) is 23.4. The molecule has 2 aromatic carbocycles. The molecule has 1 heterocycles. The van der Waals surface area contributed by atoms with Crippen LogP contribution in [0.15, 0.2) is 66.3 Å². The van der Waals surface area contributed by atoms with E-state index in [1.165, 1.54) is 17.3 Å². The molecule has 0 spiro atoms. The Hall–Kier alpha value is -3.26. The Morgan fingerprint density at radius 1 is 1.16 bits per heavy atom. The van der Waals surface area contributed by atoms with E-state index >= 15 is 0 Å². The van der Waals surface area contributed by atoms with E-state index in [1.807, 2.05) is 66.9 Å². The first-order chi connectivity index (χ1) is 15.5. The highest BCUT2D eigenvalue weighted by atomic mass is 32.2. The number of allylic oxidation sites excluding steroid dienone is 1. The van der Waals surface area contributed by atoms with Gasteiger partial charge in [0.1, 0.15) is 11.5 Å². The van der Waals surface area contributed by atoms with Crippen LogP contribution in [0.4, 0.5) is 0 Å². The van der Waals surface area contributed by atoms with Crippen LogP contribution in [-0.2, 0) is 17.9 Å². The molecule has 7 nitrogen and oxygen atoms in total. The van der Waals surface area contributed by atoms with Gasteiger partial charge in [-0.3, -0.25) is 9.36 Å². The van der Waals surface area contributed by atoms with Crippen molar-refractivity contribution >= 4 is 17.7 Å². The van der Waals surface area contributed by atoms with Crippen LogP contribution in [-0.4, -0.2) is 33.5 Å². The molecule has 0 aliphatic carbocycles. The summed E-state index contributed by atoms with van der Waals surface area (Å²) in [5.41, 5.74) is 2.26. The van der Waals surface area contributed by atoms with Crippen molar-refractivity contribution < 1.29 is 14.3 Å². The number of methoxy groups -OCH3 is 1. The lowest BCUT2D eigenvalue weighted by atomic mass is 10.1. The van der Waals surface area contributed by atoms with Gasteiger partial charge in [-0.2, -0.15) is 0 Å². The van der Waals surface area contributed by atoms with E-state index in [-0.39, 0.29) is 17.8 Å². The number of nitrogens with zero attached hydrogens (tertiary/aromatic N) is 3. The van der Waals surface area contributed by atoms with Gasteiger partial charge in [0.05, 0.1) is 12.9 Å². The van der Waals surface area contributed by atoms with Crippen molar-refractivity contribution in [3.63, 3.8) is 0 Å². The summed E-state index contributed by atoms with van der Waals surface area (Å²) in [5.74, 6) is 2.32. The zero-order valence-corrected chi connectivity index (χ0v) is 19.4. The van der Waals surface area contributed by atoms with Crippen molar-refractivity contribution in [3.8, 4) is 11.5 Å². The van der Waals surface area contributed by atoms with Crippen molar-refractivity contribution in [2.45, 2.75) is 38.2 Å². The van der Waals surface area contributed by atoms with Crippen LogP contribution < -0.4 is 14.8 Å². The standard InChI is InChI=1S/C24H28N4O3S/c1-5-14-28-23(18(3)31-21-12-10-20(30-4)11-13-21)26-27-24(28)32-16-22(29)25-15-19-8-6-17(2)7-9-19/h5-13,18H,1,14-16H2,2-4H3,(H,25,29). The van der Waals surface area contributed by atoms with Gasteiger partial charge >= 0.3 is 0 Å². The molecule has 1 amide bonds. The highest BCUT2D eigenvalue weighted by Crippen LogP contribution is 2.26. The summed E-state index contributed by atoms with van der Waals surface area (Å²) < 4.78 is 13.1. The summed E-state index contributed by atoms with van der Waals surface area (Å²) in [6.07, 6.45) is 1.44. The number of amides is 1. The summed E-state index contributed by atoms with van der Waals surface area (Å²) in [6, 6.07) is 15.5. The van der Waals surface area contributed by atoms with Crippen molar-refractivity contribution in [1.29, 1.82) is 0 Å². The van der Waals surface area contributed by atoms with E-state index in [9.17, 15) is 4.79 Å². The Bertz CT molecular complexity index is 1030. The van der Waals surface area contributed by atoms with Crippen LogP contribution in [0.1, 0.15) is 30.0 Å². The van der Waals surface area contributed by atoms with Gasteiger partial charge in [-0.15, -0.1) is 16.8 Å². The molecule has 1 N–H and O–H groups in total. The zero-order chi connectivity index (χ0) is 22.9. The molecule has 1 unspecified atom stereocenters. The summed E-state index contributed by atoms with van der Waals surface area (Å²) in [7, 11) is 1.62. The number of hydrogen-bond donors (Lipinski definition) is 1. The number of benzene rings is 2. The van der Waals surface area contributed by atoms with E-state index in [2.05, 4.69) is 22.1 Å². The maximum Gasteiger partial charge on any atom is 0.230 e. The Morgan fingerprint density at radius 3 is 2.50 bits per heavy atom. The van der Waals surface area contributed by atoms with Gasteiger partial charge in [0, 0.05) is 13.1 Å².